The van der Waals surface area contributed by atoms with Gasteiger partial charge in [0.15, 0.2) is 5.11 Å². The summed E-state index contributed by atoms with van der Waals surface area (Å²) in [6.45, 7) is 4.94. The molecule has 0 aliphatic carbocycles. The number of rotatable bonds is 9. The Kier molecular flexibility index (Phi) is 7.68. The molecule has 0 saturated carbocycles. The fourth-order valence-corrected chi connectivity index (χ4v) is 5.26. The molecule has 0 unspecified atom stereocenters. The Morgan fingerprint density at radius 2 is 1.76 bits per heavy atom. The molecule has 0 radical (unpaired) electrons. The summed E-state index contributed by atoms with van der Waals surface area (Å²) >= 11 is 5.74. The predicted octanol–water partition coefficient (Wildman–Crippen LogP) is 3.43. The van der Waals surface area contributed by atoms with Gasteiger partial charge < -0.3 is 29.6 Å². The summed E-state index contributed by atoms with van der Waals surface area (Å²) in [5, 5.41) is 22.9. The highest BCUT2D eigenvalue weighted by atomic mass is 32.1. The Balaban J connectivity index is 1.44. The molecule has 198 valence electrons. The molecule has 3 aromatic rings. The topological polar surface area (TPSA) is 128 Å². The van der Waals surface area contributed by atoms with Crippen LogP contribution in [0.25, 0.3) is 11.3 Å². The normalized spacial score (nSPS) is 19.9. The molecule has 11 heteroatoms. The van der Waals surface area contributed by atoms with E-state index < -0.39 is 11.9 Å². The molecule has 0 amide bonds. The Labute approximate surface area is 224 Å². The van der Waals surface area contributed by atoms with Crippen LogP contribution < -0.4 is 5.32 Å². The Bertz CT molecular complexity index is 1290. The zero-order valence-corrected chi connectivity index (χ0v) is 21.4. The molecule has 5 rings (SSSR count). The molecular formula is C27H28N4O6S. The molecule has 2 aliphatic rings. The molecule has 2 aromatic heterocycles. The molecule has 2 saturated heterocycles. The molecule has 0 bridgehead atoms. The van der Waals surface area contributed by atoms with Gasteiger partial charge in [-0.25, -0.2) is 9.59 Å². The predicted molar refractivity (Wildman–Crippen MR) is 142 cm³/mol. The van der Waals surface area contributed by atoms with Gasteiger partial charge in [-0.05, 0) is 61.1 Å². The molecule has 2 aliphatic heterocycles. The van der Waals surface area contributed by atoms with Crippen molar-refractivity contribution in [2.75, 3.05) is 39.4 Å². The third-order valence-electron chi connectivity index (χ3n) is 6.80. The summed E-state index contributed by atoms with van der Waals surface area (Å²) in [5.74, 6) is -1.44. The summed E-state index contributed by atoms with van der Waals surface area (Å²) in [6, 6.07) is 12.7. The van der Waals surface area contributed by atoms with Crippen molar-refractivity contribution >= 4 is 29.3 Å². The van der Waals surface area contributed by atoms with Crippen LogP contribution in [0.4, 0.5) is 0 Å². The molecule has 2 atom stereocenters. The van der Waals surface area contributed by atoms with Crippen molar-refractivity contribution in [2.45, 2.75) is 18.5 Å². The number of nitrogens with zero attached hydrogens (tertiary/aromatic N) is 3. The fraction of sp³-hybridized carbons (Fsp3) is 0.333. The van der Waals surface area contributed by atoms with Gasteiger partial charge in [-0.1, -0.05) is 6.07 Å². The number of hydrogen-bond donors (Lipinski definition) is 3. The van der Waals surface area contributed by atoms with Gasteiger partial charge in [-0.3, -0.25) is 9.88 Å². The van der Waals surface area contributed by atoms with Crippen LogP contribution >= 0.6 is 12.2 Å². The Morgan fingerprint density at radius 3 is 2.42 bits per heavy atom. The van der Waals surface area contributed by atoms with Gasteiger partial charge in [0.25, 0.3) is 0 Å². The van der Waals surface area contributed by atoms with Crippen molar-refractivity contribution in [1.29, 1.82) is 0 Å². The lowest BCUT2D eigenvalue weighted by atomic mass is 10.0. The number of carboxylic acids is 2. The van der Waals surface area contributed by atoms with Crippen LogP contribution in [0.15, 0.2) is 59.1 Å². The number of hydrogen-bond acceptors (Lipinski definition) is 7. The lowest BCUT2D eigenvalue weighted by Crippen LogP contribution is -2.38. The molecule has 0 spiro atoms. The summed E-state index contributed by atoms with van der Waals surface area (Å²) < 4.78 is 11.7. The van der Waals surface area contributed by atoms with E-state index in [9.17, 15) is 19.8 Å². The maximum absolute atomic E-state index is 11.6. The second-order valence-electron chi connectivity index (χ2n) is 9.24. The van der Waals surface area contributed by atoms with Crippen LogP contribution in [-0.2, 0) is 4.74 Å². The van der Waals surface area contributed by atoms with Gasteiger partial charge in [0.05, 0.1) is 36.1 Å². The molecule has 1 aromatic carbocycles. The Morgan fingerprint density at radius 1 is 1.03 bits per heavy atom. The lowest BCUT2D eigenvalue weighted by molar-refractivity contribution is 0.0365. The highest BCUT2D eigenvalue weighted by Gasteiger charge is 2.41. The van der Waals surface area contributed by atoms with Crippen molar-refractivity contribution in [3.8, 4) is 11.3 Å². The van der Waals surface area contributed by atoms with E-state index in [1.54, 1.807) is 12.3 Å². The van der Waals surface area contributed by atoms with Crippen molar-refractivity contribution in [3.05, 3.63) is 77.3 Å². The van der Waals surface area contributed by atoms with E-state index in [1.807, 2.05) is 24.3 Å². The molecular weight excluding hydrogens is 508 g/mol. The minimum Gasteiger partial charge on any atom is -0.478 e. The van der Waals surface area contributed by atoms with Gasteiger partial charge in [-0.15, -0.1) is 0 Å². The van der Waals surface area contributed by atoms with E-state index in [-0.39, 0.29) is 23.2 Å². The summed E-state index contributed by atoms with van der Waals surface area (Å²) in [5.41, 5.74) is 0.931. The average Bonchev–Trinajstić information content (AvgIpc) is 3.54. The van der Waals surface area contributed by atoms with Crippen molar-refractivity contribution in [1.82, 2.24) is 20.1 Å². The number of carboxylic acid groups (broad SMARTS) is 2. The molecule has 10 nitrogen and oxygen atoms in total. The maximum Gasteiger partial charge on any atom is 0.335 e. The van der Waals surface area contributed by atoms with E-state index in [2.05, 4.69) is 20.1 Å². The van der Waals surface area contributed by atoms with Crippen LogP contribution in [-0.4, -0.2) is 81.4 Å². The number of benzene rings is 1. The minimum atomic E-state index is -1.21. The smallest absolute Gasteiger partial charge is 0.335 e. The van der Waals surface area contributed by atoms with E-state index in [1.165, 1.54) is 12.1 Å². The number of aromatic nitrogens is 1. The van der Waals surface area contributed by atoms with Crippen molar-refractivity contribution in [2.24, 2.45) is 0 Å². The number of carbonyl (C=O) groups is 2. The first-order chi connectivity index (χ1) is 18.4. The van der Waals surface area contributed by atoms with Crippen molar-refractivity contribution in [3.63, 3.8) is 0 Å². The zero-order valence-electron chi connectivity index (χ0n) is 20.6. The monoisotopic (exact) mass is 536 g/mol. The summed E-state index contributed by atoms with van der Waals surface area (Å²) in [4.78, 5) is 32.2. The first-order valence-corrected chi connectivity index (χ1v) is 12.8. The zero-order chi connectivity index (χ0) is 26.6. The van der Waals surface area contributed by atoms with Gasteiger partial charge >= 0.3 is 11.9 Å². The molecule has 2 fully saturated rings. The number of pyridine rings is 1. The van der Waals surface area contributed by atoms with Crippen LogP contribution in [0.2, 0.25) is 0 Å². The van der Waals surface area contributed by atoms with Crippen molar-refractivity contribution < 1.29 is 29.0 Å². The number of ether oxygens (including phenoxy) is 1. The van der Waals surface area contributed by atoms with E-state index >= 15 is 0 Å². The van der Waals surface area contributed by atoms with E-state index in [0.717, 1.165) is 51.0 Å². The fourth-order valence-electron chi connectivity index (χ4n) is 4.93. The molecule has 4 heterocycles. The SMILES string of the molecule is O=C(O)c1cc(C(=O)O)cc(-c2ccc([C@@H]3[C@H](c4ccccn4)NC(=S)N3CCCN3CCOCC3)o2)c1. The van der Waals surface area contributed by atoms with Crippen LogP contribution in [0, 0.1) is 0 Å². The average molecular weight is 537 g/mol. The highest BCUT2D eigenvalue weighted by molar-refractivity contribution is 7.80. The highest BCUT2D eigenvalue weighted by Crippen LogP contribution is 2.40. The van der Waals surface area contributed by atoms with Gasteiger partial charge in [0, 0.05) is 37.9 Å². The number of aromatic carboxylic acids is 2. The summed E-state index contributed by atoms with van der Waals surface area (Å²) in [6.07, 6.45) is 2.63. The number of furan rings is 1. The second-order valence-corrected chi connectivity index (χ2v) is 9.63. The third kappa shape index (κ3) is 5.54. The van der Waals surface area contributed by atoms with Crippen LogP contribution in [0.5, 0.6) is 0 Å². The molecule has 38 heavy (non-hydrogen) atoms. The molecule has 3 N–H and O–H groups in total. The second kappa shape index (κ2) is 11.3. The van der Waals surface area contributed by atoms with Crippen LogP contribution in [0.1, 0.15) is 50.7 Å². The largest absolute Gasteiger partial charge is 0.478 e. The summed E-state index contributed by atoms with van der Waals surface area (Å²) in [7, 11) is 0. The standard InChI is InChI=1S/C27H28N4O6S/c32-25(33)18-14-17(15-19(16-18)26(34)35)21-5-6-22(37-21)24-23(20-4-1-2-7-28-20)29-27(38)31(24)9-3-8-30-10-12-36-13-11-30/h1-2,4-7,14-16,23-24H,3,8-13H2,(H,29,38)(H,32,33)(H,34,35)/t23-,24+/m0/s1. The van der Waals surface area contributed by atoms with Gasteiger partial charge in [0.1, 0.15) is 17.6 Å². The minimum absolute atomic E-state index is 0.127. The number of morpholine rings is 1. The lowest BCUT2D eigenvalue weighted by Gasteiger charge is -2.29. The van der Waals surface area contributed by atoms with E-state index in [0.29, 0.717) is 28.7 Å². The van der Waals surface area contributed by atoms with Gasteiger partial charge in [-0.2, -0.15) is 0 Å². The van der Waals surface area contributed by atoms with Gasteiger partial charge in [0.2, 0.25) is 0 Å². The van der Waals surface area contributed by atoms with E-state index in [4.69, 9.17) is 21.4 Å². The maximum atomic E-state index is 11.6. The third-order valence-corrected chi connectivity index (χ3v) is 7.16. The van der Waals surface area contributed by atoms with Crippen LogP contribution in [0.3, 0.4) is 0 Å². The number of nitrogens with one attached hydrogen (secondary N) is 1. The first kappa shape index (κ1) is 25.8. The quantitative estimate of drug-likeness (QED) is 0.348. The first-order valence-electron chi connectivity index (χ1n) is 12.4. The number of thiocarbonyl (C=S) groups is 1. The Hall–Kier alpha value is -3.80.